The average molecular weight is 244 g/mol. The fourth-order valence-corrected chi connectivity index (χ4v) is 1.49. The number of rotatable bonds is 3. The molecule has 2 aromatic rings. The Morgan fingerprint density at radius 2 is 2.11 bits per heavy atom. The number of aromatic nitrogens is 2. The summed E-state index contributed by atoms with van der Waals surface area (Å²) in [4.78, 5) is 19.0. The summed E-state index contributed by atoms with van der Waals surface area (Å²) in [6, 6.07) is 3.27. The minimum absolute atomic E-state index is 0.0214. The van der Waals surface area contributed by atoms with Gasteiger partial charge in [0.15, 0.2) is 0 Å². The number of carboxylic acid groups (broad SMARTS) is 1. The van der Waals surface area contributed by atoms with Gasteiger partial charge in [-0.05, 0) is 24.6 Å². The molecule has 0 amide bonds. The molecule has 0 saturated carbocycles. The topological polar surface area (TPSA) is 101 Å². The Morgan fingerprint density at radius 1 is 1.33 bits per heavy atom. The average Bonchev–Trinajstić information content (AvgIpc) is 2.31. The summed E-state index contributed by atoms with van der Waals surface area (Å²) in [5.41, 5.74) is 7.41. The zero-order valence-corrected chi connectivity index (χ0v) is 9.71. The van der Waals surface area contributed by atoms with Crippen molar-refractivity contribution in [2.75, 3.05) is 11.1 Å². The molecule has 0 fully saturated rings. The zero-order valence-electron chi connectivity index (χ0n) is 9.71. The van der Waals surface area contributed by atoms with Crippen LogP contribution in [0, 0.1) is 6.92 Å². The first-order valence-electron chi connectivity index (χ1n) is 5.24. The Balaban J connectivity index is 2.30. The van der Waals surface area contributed by atoms with Crippen molar-refractivity contribution in [3.05, 3.63) is 41.9 Å². The third kappa shape index (κ3) is 2.54. The van der Waals surface area contributed by atoms with Gasteiger partial charge in [0.1, 0.15) is 5.82 Å². The standard InChI is InChI=1S/C12H12N4O2/c1-7-2-8(5-14-4-7)16-11-3-9(12(17)18)10(13)6-15-11/h2-6H,13H2,1H3,(H,15,16)(H,17,18). The number of pyridine rings is 2. The van der Waals surface area contributed by atoms with Gasteiger partial charge in [-0.15, -0.1) is 0 Å². The molecule has 0 aliphatic rings. The molecule has 18 heavy (non-hydrogen) atoms. The number of carbonyl (C=O) groups is 1. The van der Waals surface area contributed by atoms with E-state index in [1.807, 2.05) is 13.0 Å². The van der Waals surface area contributed by atoms with Gasteiger partial charge in [0.05, 0.1) is 29.3 Å². The number of aromatic carboxylic acids is 1. The molecule has 2 aromatic heterocycles. The van der Waals surface area contributed by atoms with Crippen LogP contribution in [-0.2, 0) is 0 Å². The molecular formula is C12H12N4O2. The monoisotopic (exact) mass is 244 g/mol. The van der Waals surface area contributed by atoms with E-state index in [1.54, 1.807) is 12.4 Å². The second kappa shape index (κ2) is 4.70. The summed E-state index contributed by atoms with van der Waals surface area (Å²) in [6.45, 7) is 1.91. The lowest BCUT2D eigenvalue weighted by Gasteiger charge is -2.07. The molecule has 92 valence electrons. The van der Waals surface area contributed by atoms with Crippen molar-refractivity contribution < 1.29 is 9.90 Å². The molecule has 0 saturated heterocycles. The van der Waals surface area contributed by atoms with Crippen LogP contribution in [0.2, 0.25) is 0 Å². The highest BCUT2D eigenvalue weighted by molar-refractivity contribution is 5.94. The van der Waals surface area contributed by atoms with E-state index in [2.05, 4.69) is 15.3 Å². The molecule has 4 N–H and O–H groups in total. The highest BCUT2D eigenvalue weighted by Crippen LogP contribution is 2.18. The van der Waals surface area contributed by atoms with Crippen LogP contribution in [0.25, 0.3) is 0 Å². The van der Waals surface area contributed by atoms with Crippen molar-refractivity contribution in [1.82, 2.24) is 9.97 Å². The SMILES string of the molecule is Cc1cncc(Nc2cc(C(=O)O)c(N)cn2)c1. The maximum atomic E-state index is 10.9. The summed E-state index contributed by atoms with van der Waals surface area (Å²) in [6.07, 6.45) is 4.67. The first-order chi connectivity index (χ1) is 8.56. The van der Waals surface area contributed by atoms with Crippen LogP contribution in [0.1, 0.15) is 15.9 Å². The molecule has 6 nitrogen and oxygen atoms in total. The minimum Gasteiger partial charge on any atom is -0.478 e. The number of carboxylic acids is 1. The number of nitrogens with zero attached hydrogens (tertiary/aromatic N) is 2. The molecule has 0 atom stereocenters. The Labute approximate surface area is 104 Å². The van der Waals surface area contributed by atoms with Gasteiger partial charge in [-0.3, -0.25) is 4.98 Å². The lowest BCUT2D eigenvalue weighted by molar-refractivity contribution is 0.0698. The first kappa shape index (κ1) is 11.8. The Bertz CT molecular complexity index is 598. The summed E-state index contributed by atoms with van der Waals surface area (Å²) in [5, 5.41) is 11.9. The van der Waals surface area contributed by atoms with Crippen LogP contribution in [0.4, 0.5) is 17.2 Å². The van der Waals surface area contributed by atoms with E-state index in [0.29, 0.717) is 5.82 Å². The quantitative estimate of drug-likeness (QED) is 0.761. The maximum Gasteiger partial charge on any atom is 0.337 e. The van der Waals surface area contributed by atoms with Crippen molar-refractivity contribution in [2.24, 2.45) is 0 Å². The maximum absolute atomic E-state index is 10.9. The normalized spacial score (nSPS) is 10.1. The van der Waals surface area contributed by atoms with E-state index >= 15 is 0 Å². The molecule has 6 heteroatoms. The molecule has 0 aromatic carbocycles. The summed E-state index contributed by atoms with van der Waals surface area (Å²) >= 11 is 0. The molecular weight excluding hydrogens is 232 g/mol. The third-order valence-corrected chi connectivity index (χ3v) is 2.31. The van der Waals surface area contributed by atoms with E-state index in [4.69, 9.17) is 10.8 Å². The van der Waals surface area contributed by atoms with Gasteiger partial charge in [0.25, 0.3) is 0 Å². The van der Waals surface area contributed by atoms with Gasteiger partial charge in [-0.1, -0.05) is 0 Å². The third-order valence-electron chi connectivity index (χ3n) is 2.31. The van der Waals surface area contributed by atoms with Crippen LogP contribution in [0.5, 0.6) is 0 Å². The second-order valence-electron chi connectivity index (χ2n) is 3.84. The van der Waals surface area contributed by atoms with Gasteiger partial charge in [-0.25, -0.2) is 9.78 Å². The van der Waals surface area contributed by atoms with Gasteiger partial charge in [0, 0.05) is 6.20 Å². The van der Waals surface area contributed by atoms with Gasteiger partial charge in [0.2, 0.25) is 0 Å². The number of hydrogen-bond donors (Lipinski definition) is 3. The lowest BCUT2D eigenvalue weighted by atomic mass is 10.2. The Morgan fingerprint density at radius 3 is 2.78 bits per heavy atom. The highest BCUT2D eigenvalue weighted by atomic mass is 16.4. The molecule has 2 rings (SSSR count). The zero-order chi connectivity index (χ0) is 13.1. The minimum atomic E-state index is -1.08. The molecule has 0 radical (unpaired) electrons. The number of nitrogens with one attached hydrogen (secondary N) is 1. The highest BCUT2D eigenvalue weighted by Gasteiger charge is 2.09. The summed E-state index contributed by atoms with van der Waals surface area (Å²) in [5.74, 6) is -0.672. The van der Waals surface area contributed by atoms with Crippen molar-refractivity contribution in [1.29, 1.82) is 0 Å². The van der Waals surface area contributed by atoms with Gasteiger partial charge < -0.3 is 16.2 Å². The van der Waals surface area contributed by atoms with Crippen molar-refractivity contribution >= 4 is 23.2 Å². The Kier molecular flexibility index (Phi) is 3.09. The fourth-order valence-electron chi connectivity index (χ4n) is 1.49. The molecule has 0 aliphatic carbocycles. The van der Waals surface area contributed by atoms with Crippen LogP contribution >= 0.6 is 0 Å². The molecule has 0 unspecified atom stereocenters. The number of aryl methyl sites for hydroxylation is 1. The fraction of sp³-hybridized carbons (Fsp3) is 0.0833. The van der Waals surface area contributed by atoms with Crippen LogP contribution < -0.4 is 11.1 Å². The molecule has 0 aliphatic heterocycles. The van der Waals surface area contributed by atoms with Crippen molar-refractivity contribution in [3.63, 3.8) is 0 Å². The Hall–Kier alpha value is -2.63. The smallest absolute Gasteiger partial charge is 0.337 e. The number of hydrogen-bond acceptors (Lipinski definition) is 5. The number of nitrogens with two attached hydrogens (primary N) is 1. The molecule has 0 spiro atoms. The predicted octanol–water partition coefficient (Wildman–Crippen LogP) is 1.81. The summed E-state index contributed by atoms with van der Waals surface area (Å²) in [7, 11) is 0. The number of anilines is 3. The molecule has 0 bridgehead atoms. The van der Waals surface area contributed by atoms with E-state index in [9.17, 15) is 4.79 Å². The van der Waals surface area contributed by atoms with Crippen molar-refractivity contribution in [2.45, 2.75) is 6.92 Å². The van der Waals surface area contributed by atoms with Gasteiger partial charge in [-0.2, -0.15) is 0 Å². The van der Waals surface area contributed by atoms with E-state index < -0.39 is 5.97 Å². The lowest BCUT2D eigenvalue weighted by Crippen LogP contribution is -2.05. The van der Waals surface area contributed by atoms with E-state index in [1.165, 1.54) is 12.3 Å². The van der Waals surface area contributed by atoms with Crippen LogP contribution in [-0.4, -0.2) is 21.0 Å². The molecule has 2 heterocycles. The first-order valence-corrected chi connectivity index (χ1v) is 5.24. The van der Waals surface area contributed by atoms with E-state index in [-0.39, 0.29) is 11.3 Å². The second-order valence-corrected chi connectivity index (χ2v) is 3.84. The number of nitrogen functional groups attached to an aromatic ring is 1. The van der Waals surface area contributed by atoms with Crippen LogP contribution in [0.15, 0.2) is 30.7 Å². The van der Waals surface area contributed by atoms with Crippen LogP contribution in [0.3, 0.4) is 0 Å². The largest absolute Gasteiger partial charge is 0.478 e. The van der Waals surface area contributed by atoms with E-state index in [0.717, 1.165) is 11.3 Å². The summed E-state index contributed by atoms with van der Waals surface area (Å²) < 4.78 is 0. The van der Waals surface area contributed by atoms with Gasteiger partial charge >= 0.3 is 5.97 Å². The van der Waals surface area contributed by atoms with Crippen molar-refractivity contribution in [3.8, 4) is 0 Å². The predicted molar refractivity (Wildman–Crippen MR) is 67.9 cm³/mol.